The highest BCUT2D eigenvalue weighted by molar-refractivity contribution is 5.69. The summed E-state index contributed by atoms with van der Waals surface area (Å²) in [5.41, 5.74) is 0.187. The lowest BCUT2D eigenvalue weighted by molar-refractivity contribution is -0.139. The number of hydrogen-bond acceptors (Lipinski definition) is 2. The van der Waals surface area contributed by atoms with Crippen molar-refractivity contribution in [1.82, 2.24) is 4.90 Å². The molecule has 3 heteroatoms. The average Bonchev–Trinajstić information content (AvgIpc) is 2.43. The highest BCUT2D eigenvalue weighted by atomic mass is 16.4. The molecule has 0 radical (unpaired) electrons. The van der Waals surface area contributed by atoms with Crippen LogP contribution in [0.15, 0.2) is 0 Å². The summed E-state index contributed by atoms with van der Waals surface area (Å²) < 4.78 is 0. The summed E-state index contributed by atoms with van der Waals surface area (Å²) >= 11 is 0. The van der Waals surface area contributed by atoms with Gasteiger partial charge in [0.25, 0.3) is 0 Å². The number of nitrogens with zero attached hydrogens (tertiary/aromatic N) is 1. The molecule has 0 aromatic rings. The Morgan fingerprint density at radius 2 is 2.33 bits per heavy atom. The van der Waals surface area contributed by atoms with Gasteiger partial charge in [-0.15, -0.1) is 6.42 Å². The molecule has 1 N–H and O–H groups in total. The first-order valence-corrected chi connectivity index (χ1v) is 5.36. The predicted molar refractivity (Wildman–Crippen MR) is 59.5 cm³/mol. The van der Waals surface area contributed by atoms with Crippen molar-refractivity contribution in [2.45, 2.75) is 39.2 Å². The molecule has 15 heavy (non-hydrogen) atoms. The van der Waals surface area contributed by atoms with Crippen LogP contribution in [0.1, 0.15) is 33.1 Å². The molecule has 1 rings (SSSR count). The first-order valence-electron chi connectivity index (χ1n) is 5.36. The smallest absolute Gasteiger partial charge is 0.317 e. The van der Waals surface area contributed by atoms with E-state index in [9.17, 15) is 4.79 Å². The lowest BCUT2D eigenvalue weighted by Gasteiger charge is -2.35. The van der Waals surface area contributed by atoms with Crippen molar-refractivity contribution in [1.29, 1.82) is 0 Å². The van der Waals surface area contributed by atoms with Gasteiger partial charge in [0.2, 0.25) is 0 Å². The minimum Gasteiger partial charge on any atom is -0.480 e. The third-order valence-electron chi connectivity index (χ3n) is 3.27. The maximum atomic E-state index is 10.7. The minimum atomic E-state index is -0.798. The van der Waals surface area contributed by atoms with Crippen LogP contribution in [0.25, 0.3) is 0 Å². The lowest BCUT2D eigenvalue weighted by Crippen LogP contribution is -2.44. The summed E-state index contributed by atoms with van der Waals surface area (Å²) in [6.07, 6.45) is 8.65. The van der Waals surface area contributed by atoms with Gasteiger partial charge < -0.3 is 5.11 Å². The maximum absolute atomic E-state index is 10.7. The topological polar surface area (TPSA) is 40.5 Å². The van der Waals surface area contributed by atoms with Crippen LogP contribution < -0.4 is 0 Å². The minimum absolute atomic E-state index is 0.0539. The van der Waals surface area contributed by atoms with Crippen LogP contribution in [0.4, 0.5) is 0 Å². The Morgan fingerprint density at radius 1 is 1.67 bits per heavy atom. The molecule has 0 spiro atoms. The van der Waals surface area contributed by atoms with Gasteiger partial charge in [-0.2, -0.15) is 0 Å². The predicted octanol–water partition coefficient (Wildman–Crippen LogP) is 1.58. The summed E-state index contributed by atoms with van der Waals surface area (Å²) in [5.74, 6) is 1.75. The molecule has 1 saturated carbocycles. The Bertz CT molecular complexity index is 278. The van der Waals surface area contributed by atoms with E-state index in [4.69, 9.17) is 11.5 Å². The van der Waals surface area contributed by atoms with Crippen molar-refractivity contribution >= 4 is 5.97 Å². The van der Waals surface area contributed by atoms with Crippen LogP contribution in [0.3, 0.4) is 0 Å². The molecule has 1 fully saturated rings. The average molecular weight is 209 g/mol. The number of hydrogen-bond donors (Lipinski definition) is 1. The van der Waals surface area contributed by atoms with E-state index in [2.05, 4.69) is 19.8 Å². The Balaban J connectivity index is 2.71. The zero-order chi connectivity index (χ0) is 11.5. The summed E-state index contributed by atoms with van der Waals surface area (Å²) in [6.45, 7) is 4.87. The fourth-order valence-corrected chi connectivity index (χ4v) is 2.55. The Kier molecular flexibility index (Phi) is 3.76. The van der Waals surface area contributed by atoms with Crippen LogP contribution in [0, 0.1) is 17.8 Å². The summed E-state index contributed by atoms with van der Waals surface area (Å²) in [4.78, 5) is 12.7. The molecular weight excluding hydrogens is 190 g/mol. The molecule has 1 aliphatic rings. The first kappa shape index (κ1) is 12.1. The van der Waals surface area contributed by atoms with Gasteiger partial charge in [-0.05, 0) is 18.3 Å². The fraction of sp³-hybridized carbons (Fsp3) is 0.750. The molecule has 0 saturated heterocycles. The van der Waals surface area contributed by atoms with E-state index in [1.54, 1.807) is 0 Å². The van der Waals surface area contributed by atoms with E-state index in [0.717, 1.165) is 12.8 Å². The van der Waals surface area contributed by atoms with Crippen LogP contribution in [0.2, 0.25) is 0 Å². The van der Waals surface area contributed by atoms with E-state index >= 15 is 0 Å². The molecule has 0 aromatic heterocycles. The largest absolute Gasteiger partial charge is 0.480 e. The Hall–Kier alpha value is -1.01. The van der Waals surface area contributed by atoms with Crippen molar-refractivity contribution in [2.75, 3.05) is 13.1 Å². The standard InChI is InChI=1S/C12H19NO2/c1-4-8-13(9-11(14)15)10-6-5-7-12(10,2)3/h1,10H,5-9H2,2-3H3,(H,14,15). The molecule has 0 aliphatic heterocycles. The van der Waals surface area contributed by atoms with E-state index in [0.29, 0.717) is 12.6 Å². The van der Waals surface area contributed by atoms with Crippen molar-refractivity contribution in [2.24, 2.45) is 5.41 Å². The van der Waals surface area contributed by atoms with E-state index < -0.39 is 5.97 Å². The maximum Gasteiger partial charge on any atom is 0.317 e. The fourth-order valence-electron chi connectivity index (χ4n) is 2.55. The third-order valence-corrected chi connectivity index (χ3v) is 3.27. The van der Waals surface area contributed by atoms with Gasteiger partial charge in [-0.3, -0.25) is 9.69 Å². The SMILES string of the molecule is C#CCN(CC(=O)O)C1CCCC1(C)C. The summed E-state index contributed by atoms with van der Waals surface area (Å²) in [6, 6.07) is 0.310. The van der Waals surface area contributed by atoms with E-state index in [1.807, 2.05) is 4.90 Å². The van der Waals surface area contributed by atoms with E-state index in [-0.39, 0.29) is 12.0 Å². The quantitative estimate of drug-likeness (QED) is 0.715. The molecule has 0 bridgehead atoms. The van der Waals surface area contributed by atoms with Crippen molar-refractivity contribution < 1.29 is 9.90 Å². The molecule has 1 unspecified atom stereocenters. The number of carbonyl (C=O) groups is 1. The number of aliphatic carboxylic acids is 1. The van der Waals surface area contributed by atoms with Crippen molar-refractivity contribution in [3.05, 3.63) is 0 Å². The van der Waals surface area contributed by atoms with Crippen LogP contribution in [-0.4, -0.2) is 35.1 Å². The van der Waals surface area contributed by atoms with Gasteiger partial charge in [-0.1, -0.05) is 26.2 Å². The lowest BCUT2D eigenvalue weighted by atomic mass is 9.86. The molecule has 1 aliphatic carbocycles. The monoisotopic (exact) mass is 209 g/mol. The zero-order valence-corrected chi connectivity index (χ0v) is 9.49. The molecule has 0 amide bonds. The van der Waals surface area contributed by atoms with Crippen LogP contribution in [0.5, 0.6) is 0 Å². The van der Waals surface area contributed by atoms with Crippen LogP contribution in [-0.2, 0) is 4.79 Å². The van der Waals surface area contributed by atoms with Gasteiger partial charge in [0, 0.05) is 6.04 Å². The molecule has 1 atom stereocenters. The molecule has 84 valence electrons. The normalized spacial score (nSPS) is 24.0. The zero-order valence-electron chi connectivity index (χ0n) is 9.49. The molecule has 0 aromatic carbocycles. The number of terminal acetylenes is 1. The van der Waals surface area contributed by atoms with Crippen LogP contribution >= 0.6 is 0 Å². The number of carboxylic acids is 1. The highest BCUT2D eigenvalue weighted by Gasteiger charge is 2.38. The number of rotatable bonds is 4. The van der Waals surface area contributed by atoms with Crippen molar-refractivity contribution in [3.8, 4) is 12.3 Å². The number of carboxylic acid groups (broad SMARTS) is 1. The summed E-state index contributed by atoms with van der Waals surface area (Å²) in [7, 11) is 0. The van der Waals surface area contributed by atoms with Gasteiger partial charge in [0.05, 0.1) is 13.1 Å². The van der Waals surface area contributed by atoms with Gasteiger partial charge in [0.15, 0.2) is 0 Å². The summed E-state index contributed by atoms with van der Waals surface area (Å²) in [5, 5.41) is 8.83. The molecular formula is C12H19NO2. The van der Waals surface area contributed by atoms with Gasteiger partial charge >= 0.3 is 5.97 Å². The highest BCUT2D eigenvalue weighted by Crippen LogP contribution is 2.40. The molecule has 3 nitrogen and oxygen atoms in total. The molecule has 0 heterocycles. The Morgan fingerprint density at radius 3 is 2.73 bits per heavy atom. The first-order chi connectivity index (χ1) is 6.97. The third kappa shape index (κ3) is 2.97. The van der Waals surface area contributed by atoms with Gasteiger partial charge in [-0.25, -0.2) is 0 Å². The second kappa shape index (κ2) is 4.67. The second-order valence-electron chi connectivity index (χ2n) is 4.90. The van der Waals surface area contributed by atoms with Gasteiger partial charge in [0.1, 0.15) is 0 Å². The van der Waals surface area contributed by atoms with Crippen molar-refractivity contribution in [3.63, 3.8) is 0 Å². The second-order valence-corrected chi connectivity index (χ2v) is 4.90. The Labute approximate surface area is 91.5 Å². The van der Waals surface area contributed by atoms with E-state index in [1.165, 1.54) is 6.42 Å².